The molecular formula is C13H22N4OS. The minimum Gasteiger partial charge on any atom is -0.304 e. The number of amides is 1. The van der Waals surface area contributed by atoms with Crippen LogP contribution in [0.15, 0.2) is 0 Å². The smallest absolute Gasteiger partial charge is 0.240 e. The molecule has 1 aliphatic heterocycles. The molecule has 0 spiro atoms. The average Bonchev–Trinajstić information content (AvgIpc) is 2.62. The Labute approximate surface area is 118 Å². The van der Waals surface area contributed by atoms with Gasteiger partial charge in [0.25, 0.3) is 0 Å². The Hall–Kier alpha value is -0.980. The molecule has 1 amide bonds. The zero-order chi connectivity index (χ0) is 14.0. The average molecular weight is 282 g/mol. The normalized spacial score (nSPS) is 21.6. The molecule has 1 atom stereocenters. The van der Waals surface area contributed by atoms with Gasteiger partial charge < -0.3 is 10.2 Å². The molecule has 5 nitrogen and oxygen atoms in total. The molecule has 6 heteroatoms. The van der Waals surface area contributed by atoms with Crippen LogP contribution in [0.25, 0.3) is 0 Å². The fourth-order valence-electron chi connectivity index (χ4n) is 2.28. The number of rotatable bonds is 3. The summed E-state index contributed by atoms with van der Waals surface area (Å²) < 4.78 is 0. The third-order valence-corrected chi connectivity index (χ3v) is 4.58. The summed E-state index contributed by atoms with van der Waals surface area (Å²) >= 11 is 1.54. The number of aromatic nitrogens is 1. The zero-order valence-corrected chi connectivity index (χ0v) is 12.9. The molecule has 1 fully saturated rings. The number of thiazole rings is 1. The fraction of sp³-hybridized carbons (Fsp3) is 0.692. The summed E-state index contributed by atoms with van der Waals surface area (Å²) in [6, 6.07) is 0.421. The van der Waals surface area contributed by atoms with Crippen molar-refractivity contribution in [3.8, 4) is 0 Å². The second kappa shape index (κ2) is 5.98. The Balaban J connectivity index is 1.87. The molecule has 0 radical (unpaired) electrons. The number of likely N-dealkylation sites (N-methyl/N-ethyl adjacent to an activating group) is 1. The van der Waals surface area contributed by atoms with Crippen molar-refractivity contribution in [1.82, 2.24) is 14.8 Å². The predicted molar refractivity (Wildman–Crippen MR) is 78.7 cm³/mol. The molecule has 1 aliphatic rings. The highest BCUT2D eigenvalue weighted by Crippen LogP contribution is 2.21. The van der Waals surface area contributed by atoms with Crippen LogP contribution in [0, 0.1) is 13.8 Å². The van der Waals surface area contributed by atoms with Crippen LogP contribution in [0.3, 0.4) is 0 Å². The molecule has 1 N–H and O–H groups in total. The number of hydrogen-bond acceptors (Lipinski definition) is 5. The van der Waals surface area contributed by atoms with Gasteiger partial charge in [-0.15, -0.1) is 11.3 Å². The molecule has 1 aromatic rings. The third-order valence-electron chi connectivity index (χ3n) is 3.59. The highest BCUT2D eigenvalue weighted by atomic mass is 32.1. The number of nitrogens with one attached hydrogen (secondary N) is 1. The molecule has 0 aromatic carbocycles. The highest BCUT2D eigenvalue weighted by Gasteiger charge is 2.23. The Bertz CT molecular complexity index is 440. The van der Waals surface area contributed by atoms with Gasteiger partial charge >= 0.3 is 0 Å². The zero-order valence-electron chi connectivity index (χ0n) is 12.1. The minimum absolute atomic E-state index is 0.0325. The Morgan fingerprint density at radius 2 is 2.21 bits per heavy atom. The summed E-state index contributed by atoms with van der Waals surface area (Å²) in [6.07, 6.45) is 0. The van der Waals surface area contributed by atoms with Gasteiger partial charge in [0, 0.05) is 30.6 Å². The number of anilines is 1. The summed E-state index contributed by atoms with van der Waals surface area (Å²) in [5.74, 6) is 0.0325. The number of carbonyl (C=O) groups is 1. The number of carbonyl (C=O) groups excluding carboxylic acids is 1. The van der Waals surface area contributed by atoms with E-state index in [1.54, 1.807) is 0 Å². The lowest BCUT2D eigenvalue weighted by Crippen LogP contribution is -2.52. The summed E-state index contributed by atoms with van der Waals surface area (Å²) in [5, 5.41) is 3.61. The van der Waals surface area contributed by atoms with E-state index in [1.807, 2.05) is 13.8 Å². The van der Waals surface area contributed by atoms with Crippen molar-refractivity contribution in [3.63, 3.8) is 0 Å². The second-order valence-electron chi connectivity index (χ2n) is 5.29. The van der Waals surface area contributed by atoms with E-state index in [-0.39, 0.29) is 5.91 Å². The third kappa shape index (κ3) is 3.75. The number of aryl methyl sites for hydroxylation is 2. The van der Waals surface area contributed by atoms with Gasteiger partial charge in [-0.2, -0.15) is 0 Å². The van der Waals surface area contributed by atoms with Gasteiger partial charge in [-0.1, -0.05) is 0 Å². The van der Waals surface area contributed by atoms with E-state index in [4.69, 9.17) is 0 Å². The SMILES string of the molecule is Cc1nc(NC(=O)CN2CCN(C)CC2C)sc1C. The molecule has 0 bridgehead atoms. The van der Waals surface area contributed by atoms with Crippen LogP contribution in [0.4, 0.5) is 5.13 Å². The molecular weight excluding hydrogens is 260 g/mol. The maximum atomic E-state index is 12.0. The Kier molecular flexibility index (Phi) is 4.54. The van der Waals surface area contributed by atoms with Crippen LogP contribution in [0.1, 0.15) is 17.5 Å². The lowest BCUT2D eigenvalue weighted by atomic mass is 10.2. The van der Waals surface area contributed by atoms with Crippen molar-refractivity contribution in [1.29, 1.82) is 0 Å². The molecule has 0 aliphatic carbocycles. The Morgan fingerprint density at radius 3 is 2.79 bits per heavy atom. The van der Waals surface area contributed by atoms with Crippen molar-refractivity contribution >= 4 is 22.4 Å². The molecule has 19 heavy (non-hydrogen) atoms. The highest BCUT2D eigenvalue weighted by molar-refractivity contribution is 7.15. The first-order valence-corrected chi connectivity index (χ1v) is 7.44. The monoisotopic (exact) mass is 282 g/mol. The van der Waals surface area contributed by atoms with Gasteiger partial charge in [-0.05, 0) is 27.8 Å². The number of hydrogen-bond donors (Lipinski definition) is 1. The van der Waals surface area contributed by atoms with Crippen molar-refractivity contribution in [2.75, 3.05) is 38.5 Å². The van der Waals surface area contributed by atoms with E-state index in [2.05, 4.69) is 34.1 Å². The molecule has 1 saturated heterocycles. The first-order chi connectivity index (χ1) is 8.95. The van der Waals surface area contributed by atoms with Crippen LogP contribution in [-0.4, -0.2) is 60.0 Å². The quantitative estimate of drug-likeness (QED) is 0.909. The second-order valence-corrected chi connectivity index (χ2v) is 6.49. The van der Waals surface area contributed by atoms with Gasteiger partial charge in [0.1, 0.15) is 0 Å². The lowest BCUT2D eigenvalue weighted by molar-refractivity contribution is -0.118. The number of nitrogens with zero attached hydrogens (tertiary/aromatic N) is 3. The van der Waals surface area contributed by atoms with Crippen LogP contribution in [-0.2, 0) is 4.79 Å². The summed E-state index contributed by atoms with van der Waals surface area (Å²) in [7, 11) is 2.12. The molecule has 2 heterocycles. The Morgan fingerprint density at radius 1 is 1.47 bits per heavy atom. The topological polar surface area (TPSA) is 48.5 Å². The van der Waals surface area contributed by atoms with Gasteiger partial charge in [0.2, 0.25) is 5.91 Å². The molecule has 2 rings (SSSR count). The van der Waals surface area contributed by atoms with Crippen molar-refractivity contribution in [3.05, 3.63) is 10.6 Å². The van der Waals surface area contributed by atoms with E-state index >= 15 is 0 Å². The molecule has 106 valence electrons. The van der Waals surface area contributed by atoms with E-state index in [0.29, 0.717) is 17.7 Å². The van der Waals surface area contributed by atoms with Crippen LogP contribution in [0.2, 0.25) is 0 Å². The maximum Gasteiger partial charge on any atom is 0.240 e. The standard InChI is InChI=1S/C13H22N4OS/c1-9-7-16(4)5-6-17(9)8-12(18)15-13-14-10(2)11(3)19-13/h9H,5-8H2,1-4H3,(H,14,15,18). The van der Waals surface area contributed by atoms with E-state index in [0.717, 1.165) is 30.2 Å². The van der Waals surface area contributed by atoms with Crippen molar-refractivity contribution in [2.45, 2.75) is 26.8 Å². The van der Waals surface area contributed by atoms with E-state index < -0.39 is 0 Å². The summed E-state index contributed by atoms with van der Waals surface area (Å²) in [6.45, 7) is 9.58. The van der Waals surface area contributed by atoms with Crippen LogP contribution in [0.5, 0.6) is 0 Å². The van der Waals surface area contributed by atoms with Gasteiger partial charge in [0.05, 0.1) is 12.2 Å². The summed E-state index contributed by atoms with van der Waals surface area (Å²) in [5.41, 5.74) is 0.994. The van der Waals surface area contributed by atoms with E-state index in [9.17, 15) is 4.79 Å². The molecule has 0 saturated carbocycles. The summed E-state index contributed by atoms with van der Waals surface area (Å²) in [4.78, 5) is 22.0. The van der Waals surface area contributed by atoms with Gasteiger partial charge in [0.15, 0.2) is 5.13 Å². The molecule has 1 unspecified atom stereocenters. The minimum atomic E-state index is 0.0325. The van der Waals surface area contributed by atoms with Gasteiger partial charge in [-0.3, -0.25) is 9.69 Å². The largest absolute Gasteiger partial charge is 0.304 e. The first kappa shape index (κ1) is 14.4. The van der Waals surface area contributed by atoms with Crippen molar-refractivity contribution in [2.24, 2.45) is 0 Å². The molecule has 1 aromatic heterocycles. The maximum absolute atomic E-state index is 12.0. The van der Waals surface area contributed by atoms with E-state index in [1.165, 1.54) is 11.3 Å². The number of piperazine rings is 1. The lowest BCUT2D eigenvalue weighted by Gasteiger charge is -2.37. The predicted octanol–water partition coefficient (Wildman–Crippen LogP) is 1.33. The van der Waals surface area contributed by atoms with Crippen LogP contribution >= 0.6 is 11.3 Å². The van der Waals surface area contributed by atoms with Gasteiger partial charge in [-0.25, -0.2) is 4.98 Å². The fourth-order valence-corrected chi connectivity index (χ4v) is 3.11. The first-order valence-electron chi connectivity index (χ1n) is 6.62. The van der Waals surface area contributed by atoms with Crippen LogP contribution < -0.4 is 5.32 Å². The van der Waals surface area contributed by atoms with Crippen molar-refractivity contribution < 1.29 is 4.79 Å².